The van der Waals surface area contributed by atoms with E-state index >= 15 is 0 Å². The minimum absolute atomic E-state index is 0.168. The van der Waals surface area contributed by atoms with E-state index in [1.165, 1.54) is 12.1 Å². The van der Waals surface area contributed by atoms with E-state index in [0.717, 1.165) is 11.6 Å². The van der Waals surface area contributed by atoms with Crippen LogP contribution in [0.4, 0.5) is 11.4 Å². The van der Waals surface area contributed by atoms with Crippen molar-refractivity contribution >= 4 is 28.9 Å². The highest BCUT2D eigenvalue weighted by Gasteiger charge is 2.21. The molecule has 0 heterocycles. The molecule has 0 spiro atoms. The standard InChI is InChI=1S/C14H11ClN2O4/c1-8-7-9(15)5-6-11(8)16-14(19)10-3-2-4-12(13(10)18)17(20)21/h2-7,18H,1H3,(H,16,19). The van der Waals surface area contributed by atoms with Crippen LogP contribution in [0.1, 0.15) is 15.9 Å². The molecule has 2 aromatic rings. The van der Waals surface area contributed by atoms with Gasteiger partial charge >= 0.3 is 5.69 Å². The van der Waals surface area contributed by atoms with Crippen LogP contribution in [0.2, 0.25) is 5.02 Å². The van der Waals surface area contributed by atoms with Crippen LogP contribution in [0.5, 0.6) is 5.75 Å². The van der Waals surface area contributed by atoms with Crippen LogP contribution in [0.3, 0.4) is 0 Å². The summed E-state index contributed by atoms with van der Waals surface area (Å²) in [4.78, 5) is 22.1. The van der Waals surface area contributed by atoms with Crippen molar-refractivity contribution in [3.8, 4) is 5.75 Å². The molecule has 0 saturated heterocycles. The number of nitrogens with one attached hydrogen (secondary N) is 1. The van der Waals surface area contributed by atoms with Crippen LogP contribution in [0, 0.1) is 17.0 Å². The third-order valence-corrected chi connectivity index (χ3v) is 3.13. The van der Waals surface area contributed by atoms with Crippen LogP contribution in [0.25, 0.3) is 0 Å². The van der Waals surface area contributed by atoms with Gasteiger partial charge in [-0.05, 0) is 36.8 Å². The summed E-state index contributed by atoms with van der Waals surface area (Å²) in [5, 5.41) is 23.7. The molecule has 21 heavy (non-hydrogen) atoms. The molecule has 6 nitrogen and oxygen atoms in total. The van der Waals surface area contributed by atoms with Gasteiger partial charge in [0.05, 0.1) is 10.5 Å². The van der Waals surface area contributed by atoms with Crippen molar-refractivity contribution in [1.29, 1.82) is 0 Å². The zero-order chi connectivity index (χ0) is 15.6. The first-order valence-corrected chi connectivity index (χ1v) is 6.32. The second-order valence-electron chi connectivity index (χ2n) is 4.34. The molecule has 0 aliphatic carbocycles. The topological polar surface area (TPSA) is 92.5 Å². The fourth-order valence-corrected chi connectivity index (χ4v) is 2.05. The summed E-state index contributed by atoms with van der Waals surface area (Å²) in [6, 6.07) is 8.66. The van der Waals surface area contributed by atoms with Crippen LogP contribution >= 0.6 is 11.6 Å². The highest BCUT2D eigenvalue weighted by Crippen LogP contribution is 2.30. The average Bonchev–Trinajstić information content (AvgIpc) is 2.41. The number of halogens is 1. The monoisotopic (exact) mass is 306 g/mol. The Kier molecular flexibility index (Phi) is 4.09. The Hall–Kier alpha value is -2.60. The second kappa shape index (κ2) is 5.80. The Morgan fingerprint density at radius 2 is 2.05 bits per heavy atom. The van der Waals surface area contributed by atoms with Crippen molar-refractivity contribution in [3.05, 3.63) is 62.7 Å². The van der Waals surface area contributed by atoms with Crippen LogP contribution in [-0.4, -0.2) is 15.9 Å². The zero-order valence-corrected chi connectivity index (χ0v) is 11.7. The molecule has 0 bridgehead atoms. The molecule has 0 saturated carbocycles. The number of aryl methyl sites for hydroxylation is 1. The fraction of sp³-hybridized carbons (Fsp3) is 0.0714. The van der Waals surface area contributed by atoms with Crippen molar-refractivity contribution in [2.75, 3.05) is 5.32 Å². The van der Waals surface area contributed by atoms with Gasteiger partial charge in [0.2, 0.25) is 5.75 Å². The predicted octanol–water partition coefficient (Wildman–Crippen LogP) is 3.51. The second-order valence-corrected chi connectivity index (χ2v) is 4.78. The molecule has 0 aliphatic rings. The molecular weight excluding hydrogens is 296 g/mol. The van der Waals surface area contributed by atoms with Crippen molar-refractivity contribution in [2.24, 2.45) is 0 Å². The van der Waals surface area contributed by atoms with Gasteiger partial charge in [0.1, 0.15) is 0 Å². The number of amides is 1. The molecular formula is C14H11ClN2O4. The summed E-state index contributed by atoms with van der Waals surface area (Å²) in [5.74, 6) is -1.30. The van der Waals surface area contributed by atoms with Crippen LogP contribution in [0.15, 0.2) is 36.4 Å². The molecule has 0 atom stereocenters. The van der Waals surface area contributed by atoms with E-state index in [1.54, 1.807) is 25.1 Å². The number of phenols is 1. The molecule has 0 radical (unpaired) electrons. The van der Waals surface area contributed by atoms with E-state index in [1.807, 2.05) is 0 Å². The van der Waals surface area contributed by atoms with Crippen molar-refractivity contribution in [1.82, 2.24) is 0 Å². The van der Waals surface area contributed by atoms with Gasteiger partial charge in [-0.3, -0.25) is 14.9 Å². The molecule has 1 amide bonds. The number of benzene rings is 2. The molecule has 0 fully saturated rings. The van der Waals surface area contributed by atoms with Crippen molar-refractivity contribution in [3.63, 3.8) is 0 Å². The first kappa shape index (κ1) is 14.8. The molecule has 7 heteroatoms. The fourth-order valence-electron chi connectivity index (χ4n) is 1.82. The minimum Gasteiger partial charge on any atom is -0.502 e. The van der Waals surface area contributed by atoms with E-state index in [2.05, 4.69) is 5.32 Å². The summed E-state index contributed by atoms with van der Waals surface area (Å²) in [5.41, 5.74) is 0.560. The quantitative estimate of drug-likeness (QED) is 0.670. The Balaban J connectivity index is 2.33. The molecule has 0 unspecified atom stereocenters. The summed E-state index contributed by atoms with van der Waals surface area (Å²) < 4.78 is 0. The molecule has 2 N–H and O–H groups in total. The maximum Gasteiger partial charge on any atom is 0.311 e. The minimum atomic E-state index is -0.750. The molecule has 0 aromatic heterocycles. The number of anilines is 1. The van der Waals surface area contributed by atoms with Gasteiger partial charge in [0.25, 0.3) is 5.91 Å². The predicted molar refractivity (Wildman–Crippen MR) is 78.9 cm³/mol. The Labute approximate surface area is 125 Å². The largest absolute Gasteiger partial charge is 0.502 e. The molecule has 108 valence electrons. The Morgan fingerprint density at radius 3 is 2.67 bits per heavy atom. The zero-order valence-electron chi connectivity index (χ0n) is 11.0. The van der Waals surface area contributed by atoms with Crippen LogP contribution in [-0.2, 0) is 0 Å². The lowest BCUT2D eigenvalue weighted by molar-refractivity contribution is -0.385. The van der Waals surface area contributed by atoms with Gasteiger partial charge in [-0.2, -0.15) is 0 Å². The molecule has 0 aliphatic heterocycles. The van der Waals surface area contributed by atoms with Gasteiger partial charge in [-0.15, -0.1) is 0 Å². The number of carbonyl (C=O) groups is 1. The number of hydrogen-bond donors (Lipinski definition) is 2. The number of para-hydroxylation sites is 1. The lowest BCUT2D eigenvalue weighted by Crippen LogP contribution is -2.13. The number of aromatic hydroxyl groups is 1. The number of nitrogens with zero attached hydrogens (tertiary/aromatic N) is 1. The Bertz CT molecular complexity index is 731. The average molecular weight is 307 g/mol. The number of carbonyl (C=O) groups excluding carboxylic acids is 1. The van der Waals surface area contributed by atoms with E-state index in [0.29, 0.717) is 10.7 Å². The van der Waals surface area contributed by atoms with E-state index < -0.39 is 22.3 Å². The number of rotatable bonds is 3. The van der Waals surface area contributed by atoms with Crippen molar-refractivity contribution < 1.29 is 14.8 Å². The van der Waals surface area contributed by atoms with E-state index in [4.69, 9.17) is 11.6 Å². The third kappa shape index (κ3) is 3.11. The number of nitro benzene ring substituents is 1. The lowest BCUT2D eigenvalue weighted by Gasteiger charge is -2.09. The first-order valence-electron chi connectivity index (χ1n) is 5.94. The first-order chi connectivity index (χ1) is 9.90. The van der Waals surface area contributed by atoms with Crippen molar-refractivity contribution in [2.45, 2.75) is 6.92 Å². The van der Waals surface area contributed by atoms with Crippen LogP contribution < -0.4 is 5.32 Å². The van der Waals surface area contributed by atoms with Gasteiger partial charge in [0, 0.05) is 16.8 Å². The lowest BCUT2D eigenvalue weighted by atomic mass is 10.1. The highest BCUT2D eigenvalue weighted by molar-refractivity contribution is 6.30. The normalized spacial score (nSPS) is 10.2. The van der Waals surface area contributed by atoms with Gasteiger partial charge in [-0.25, -0.2) is 0 Å². The summed E-state index contributed by atoms with van der Waals surface area (Å²) >= 11 is 5.82. The van der Waals surface area contributed by atoms with Gasteiger partial charge in [0.15, 0.2) is 0 Å². The van der Waals surface area contributed by atoms with Gasteiger partial charge in [-0.1, -0.05) is 17.7 Å². The summed E-state index contributed by atoms with van der Waals surface area (Å²) in [6.07, 6.45) is 0. The maximum atomic E-state index is 12.1. The smallest absolute Gasteiger partial charge is 0.311 e. The SMILES string of the molecule is Cc1cc(Cl)ccc1NC(=O)c1cccc([N+](=O)[O-])c1O. The summed E-state index contributed by atoms with van der Waals surface area (Å²) in [6.45, 7) is 1.76. The highest BCUT2D eigenvalue weighted by atomic mass is 35.5. The third-order valence-electron chi connectivity index (χ3n) is 2.89. The number of hydrogen-bond acceptors (Lipinski definition) is 4. The summed E-state index contributed by atoms with van der Waals surface area (Å²) in [7, 11) is 0. The number of phenolic OH excluding ortho intramolecular Hbond substituents is 1. The Morgan fingerprint density at radius 1 is 1.33 bits per heavy atom. The number of nitro groups is 1. The van der Waals surface area contributed by atoms with E-state index in [-0.39, 0.29) is 5.56 Å². The maximum absolute atomic E-state index is 12.1. The molecule has 2 aromatic carbocycles. The van der Waals surface area contributed by atoms with E-state index in [9.17, 15) is 20.0 Å². The molecule has 2 rings (SSSR count). The van der Waals surface area contributed by atoms with Gasteiger partial charge < -0.3 is 10.4 Å².